The van der Waals surface area contributed by atoms with Crippen LogP contribution < -0.4 is 0 Å². The van der Waals surface area contributed by atoms with Crippen molar-refractivity contribution in [3.63, 3.8) is 0 Å². The fourth-order valence-corrected chi connectivity index (χ4v) is 5.69. The quantitative estimate of drug-likeness (QED) is 0.306. The number of hydrogen-bond donors (Lipinski definition) is 1. The summed E-state index contributed by atoms with van der Waals surface area (Å²) in [7, 11) is 0. The van der Waals surface area contributed by atoms with Crippen molar-refractivity contribution in [2.75, 3.05) is 32.7 Å². The Balaban J connectivity index is 0.000000256. The molecule has 3 heterocycles. The van der Waals surface area contributed by atoms with Crippen LogP contribution in [0.25, 0.3) is 21.8 Å². The molecule has 2 aromatic heterocycles. The van der Waals surface area contributed by atoms with E-state index in [1.54, 1.807) is 24.4 Å². The summed E-state index contributed by atoms with van der Waals surface area (Å²) in [6, 6.07) is 11.4. The minimum absolute atomic E-state index is 0. The van der Waals surface area contributed by atoms with Gasteiger partial charge in [-0.1, -0.05) is 26.2 Å². The molecule has 8 heteroatoms. The van der Waals surface area contributed by atoms with Crippen LogP contribution in [0, 0.1) is 17.6 Å². The zero-order chi connectivity index (χ0) is 25.8. The smallest absolute Gasteiger partial charge is 0.256 e. The van der Waals surface area contributed by atoms with Crippen molar-refractivity contribution in [2.45, 2.75) is 45.6 Å². The van der Waals surface area contributed by atoms with Crippen LogP contribution in [0.1, 0.15) is 49.4 Å². The summed E-state index contributed by atoms with van der Waals surface area (Å²) in [5.41, 5.74) is 2.43. The molecule has 1 amide bonds. The molecule has 2 fully saturated rings. The van der Waals surface area contributed by atoms with Gasteiger partial charge in [-0.2, -0.15) is 0 Å². The second-order valence-corrected chi connectivity index (χ2v) is 10.3. The third-order valence-electron chi connectivity index (χ3n) is 7.88. The summed E-state index contributed by atoms with van der Waals surface area (Å²) in [6.45, 7) is 7.46. The van der Waals surface area contributed by atoms with Gasteiger partial charge in [-0.3, -0.25) is 4.79 Å². The Kier molecular flexibility index (Phi) is 9.44. The maximum atomic E-state index is 13.9. The average molecular weight is 543 g/mol. The number of nitrogens with zero attached hydrogens (tertiary/aromatic N) is 3. The number of likely N-dealkylation sites (N-methyl/N-ethyl adjacent to an activating group) is 1. The third-order valence-corrected chi connectivity index (χ3v) is 7.88. The van der Waals surface area contributed by atoms with Gasteiger partial charge in [0, 0.05) is 56.0 Å². The molecule has 1 saturated heterocycles. The predicted octanol–water partition coefficient (Wildman–Crippen LogP) is 6.87. The third kappa shape index (κ3) is 6.38. The van der Waals surface area contributed by atoms with E-state index in [4.69, 9.17) is 0 Å². The van der Waals surface area contributed by atoms with Crippen molar-refractivity contribution in [1.82, 2.24) is 19.4 Å². The molecule has 0 bridgehead atoms. The number of fused-ring (bicyclic) bond motifs is 2. The minimum Gasteiger partial charge on any atom is -0.361 e. The Morgan fingerprint density at radius 1 is 0.947 bits per heavy atom. The first-order valence-electron chi connectivity index (χ1n) is 13.5. The molecule has 0 spiro atoms. The van der Waals surface area contributed by atoms with Crippen LogP contribution in [0.3, 0.4) is 0 Å². The molecule has 5 nitrogen and oxygen atoms in total. The Morgan fingerprint density at radius 2 is 1.66 bits per heavy atom. The summed E-state index contributed by atoms with van der Waals surface area (Å²) in [6.07, 6.45) is 10.1. The number of hydrogen-bond acceptors (Lipinski definition) is 2. The van der Waals surface area contributed by atoms with Gasteiger partial charge in [-0.15, -0.1) is 12.4 Å². The maximum Gasteiger partial charge on any atom is 0.256 e. The van der Waals surface area contributed by atoms with E-state index in [1.165, 1.54) is 50.3 Å². The van der Waals surface area contributed by atoms with Crippen molar-refractivity contribution in [1.29, 1.82) is 0 Å². The minimum atomic E-state index is -0.235. The lowest BCUT2D eigenvalue weighted by molar-refractivity contribution is 0.0645. The highest BCUT2D eigenvalue weighted by molar-refractivity contribution is 6.07. The number of piperazine rings is 1. The van der Waals surface area contributed by atoms with Crippen LogP contribution in [0.15, 0.2) is 54.9 Å². The highest BCUT2D eigenvalue weighted by atomic mass is 35.5. The molecular formula is C30H37ClF2N4O. The number of benzene rings is 2. The van der Waals surface area contributed by atoms with Gasteiger partial charge in [0.1, 0.15) is 11.6 Å². The molecule has 1 aliphatic heterocycles. The largest absolute Gasteiger partial charge is 0.361 e. The molecular weight excluding hydrogens is 506 g/mol. The average Bonchev–Trinajstić information content (AvgIpc) is 3.53. The second-order valence-electron chi connectivity index (χ2n) is 10.3. The van der Waals surface area contributed by atoms with E-state index in [2.05, 4.69) is 21.4 Å². The highest BCUT2D eigenvalue weighted by Crippen LogP contribution is 2.29. The highest BCUT2D eigenvalue weighted by Gasteiger charge is 2.25. The van der Waals surface area contributed by atoms with Gasteiger partial charge in [0.2, 0.25) is 0 Å². The standard InChI is InChI=1S/C22H30FN3O.C8H6FN.ClH/c1-2-24-10-12-25(13-11-24)22(27)20-16-26(15-17-6-4-3-5-7-17)21-14-18(23)8-9-19(20)21;9-7-2-1-6-3-4-10-8(6)5-7;/h8-9,14,16-17H,2-7,10-13,15H2,1H3;1-5,10H;1H. The number of aromatic amines is 1. The van der Waals surface area contributed by atoms with Crippen LogP contribution in [0.2, 0.25) is 0 Å². The second kappa shape index (κ2) is 12.8. The number of amides is 1. The van der Waals surface area contributed by atoms with E-state index in [0.717, 1.165) is 66.6 Å². The summed E-state index contributed by atoms with van der Waals surface area (Å²) < 4.78 is 28.6. The molecule has 2 aliphatic rings. The summed E-state index contributed by atoms with van der Waals surface area (Å²) in [5.74, 6) is 0.287. The first kappa shape index (κ1) is 28.1. The number of carbonyl (C=O) groups is 1. The van der Waals surface area contributed by atoms with E-state index >= 15 is 0 Å². The lowest BCUT2D eigenvalue weighted by Gasteiger charge is -2.34. The van der Waals surface area contributed by atoms with E-state index in [-0.39, 0.29) is 29.9 Å². The zero-order valence-electron chi connectivity index (χ0n) is 22.0. The molecule has 38 heavy (non-hydrogen) atoms. The monoisotopic (exact) mass is 542 g/mol. The lowest BCUT2D eigenvalue weighted by atomic mass is 9.89. The first-order valence-corrected chi connectivity index (χ1v) is 13.5. The van der Waals surface area contributed by atoms with Crippen LogP contribution in [0.4, 0.5) is 8.78 Å². The van der Waals surface area contributed by atoms with Crippen LogP contribution in [-0.4, -0.2) is 58.0 Å². The molecule has 4 aromatic rings. The molecule has 1 N–H and O–H groups in total. The number of carbonyl (C=O) groups excluding carboxylic acids is 1. The number of nitrogens with one attached hydrogen (secondary N) is 1. The molecule has 0 atom stereocenters. The van der Waals surface area contributed by atoms with Gasteiger partial charge < -0.3 is 19.4 Å². The summed E-state index contributed by atoms with van der Waals surface area (Å²) >= 11 is 0. The van der Waals surface area contributed by atoms with Crippen LogP contribution >= 0.6 is 12.4 Å². The van der Waals surface area contributed by atoms with E-state index in [0.29, 0.717) is 5.92 Å². The molecule has 0 radical (unpaired) electrons. The predicted molar refractivity (Wildman–Crippen MR) is 152 cm³/mol. The van der Waals surface area contributed by atoms with Crippen LogP contribution in [-0.2, 0) is 6.54 Å². The molecule has 1 aliphatic carbocycles. The van der Waals surface area contributed by atoms with E-state index in [1.807, 2.05) is 17.2 Å². The Hall–Kier alpha value is -2.90. The number of H-pyrrole nitrogens is 1. The Morgan fingerprint density at radius 3 is 2.39 bits per heavy atom. The van der Waals surface area contributed by atoms with Crippen molar-refractivity contribution in [2.24, 2.45) is 5.92 Å². The van der Waals surface area contributed by atoms with Gasteiger partial charge in [0.25, 0.3) is 5.91 Å². The molecule has 1 saturated carbocycles. The fourth-order valence-electron chi connectivity index (χ4n) is 5.69. The van der Waals surface area contributed by atoms with Crippen molar-refractivity contribution in [3.05, 3.63) is 72.1 Å². The SMILES string of the molecule is CCN1CCN(C(=O)c2cn(CC3CCCCC3)c3cc(F)ccc23)CC1.Cl.Fc1ccc2cc[nH]c2c1. The molecule has 0 unspecified atom stereocenters. The van der Waals surface area contributed by atoms with Gasteiger partial charge in [-0.05, 0) is 73.2 Å². The number of halogens is 3. The van der Waals surface area contributed by atoms with Gasteiger partial charge in [0.15, 0.2) is 0 Å². The zero-order valence-corrected chi connectivity index (χ0v) is 22.8. The molecule has 204 valence electrons. The fraction of sp³-hybridized carbons (Fsp3) is 0.433. The normalized spacial score (nSPS) is 16.8. The maximum absolute atomic E-state index is 13.9. The molecule has 2 aromatic carbocycles. The summed E-state index contributed by atoms with van der Waals surface area (Å²) in [5, 5.41) is 1.93. The van der Waals surface area contributed by atoms with E-state index < -0.39 is 0 Å². The Bertz CT molecular complexity index is 1350. The van der Waals surface area contributed by atoms with E-state index in [9.17, 15) is 13.6 Å². The topological polar surface area (TPSA) is 44.3 Å². The summed E-state index contributed by atoms with van der Waals surface area (Å²) in [4.78, 5) is 20.4. The molecule has 6 rings (SSSR count). The van der Waals surface area contributed by atoms with Crippen molar-refractivity contribution < 1.29 is 13.6 Å². The Labute approximate surface area is 229 Å². The van der Waals surface area contributed by atoms with Gasteiger partial charge in [0.05, 0.1) is 11.1 Å². The number of rotatable bonds is 4. The van der Waals surface area contributed by atoms with Crippen LogP contribution in [0.5, 0.6) is 0 Å². The van der Waals surface area contributed by atoms with Crippen molar-refractivity contribution >= 4 is 40.1 Å². The van der Waals surface area contributed by atoms with Gasteiger partial charge >= 0.3 is 0 Å². The number of aromatic nitrogens is 2. The van der Waals surface area contributed by atoms with Gasteiger partial charge in [-0.25, -0.2) is 8.78 Å². The first-order chi connectivity index (χ1) is 18.0. The lowest BCUT2D eigenvalue weighted by Crippen LogP contribution is -2.48. The van der Waals surface area contributed by atoms with Crippen molar-refractivity contribution in [3.8, 4) is 0 Å².